The molecule has 32 heavy (non-hydrogen) atoms. The van der Waals surface area contributed by atoms with Gasteiger partial charge in [0.25, 0.3) is 5.91 Å². The Kier molecular flexibility index (Phi) is 8.92. The van der Waals surface area contributed by atoms with Crippen LogP contribution in [0.3, 0.4) is 0 Å². The van der Waals surface area contributed by atoms with Gasteiger partial charge in [0.1, 0.15) is 17.4 Å². The highest BCUT2D eigenvalue weighted by atomic mass is 16.7. The van der Waals surface area contributed by atoms with Crippen molar-refractivity contribution in [2.45, 2.75) is 77.5 Å². The maximum atomic E-state index is 13.4. The van der Waals surface area contributed by atoms with Gasteiger partial charge < -0.3 is 19.5 Å². The number of hydrogen-bond acceptors (Lipinski definition) is 6. The molecule has 1 aromatic rings. The summed E-state index contributed by atoms with van der Waals surface area (Å²) >= 11 is 0. The van der Waals surface area contributed by atoms with Gasteiger partial charge >= 0.3 is 6.09 Å². The maximum absolute atomic E-state index is 13.4. The average molecular weight is 451 g/mol. The van der Waals surface area contributed by atoms with Crippen LogP contribution in [0.1, 0.15) is 75.7 Å². The summed E-state index contributed by atoms with van der Waals surface area (Å²) in [5, 5.41) is 11.9. The third kappa shape index (κ3) is 6.36. The molecule has 8 heteroatoms. The van der Waals surface area contributed by atoms with Gasteiger partial charge in [0.05, 0.1) is 20.3 Å². The van der Waals surface area contributed by atoms with Crippen molar-refractivity contribution in [2.75, 3.05) is 27.3 Å². The van der Waals surface area contributed by atoms with E-state index in [9.17, 15) is 14.7 Å². The minimum Gasteiger partial charge on any atom is -0.496 e. The lowest BCUT2D eigenvalue weighted by atomic mass is 9.95. The zero-order valence-corrected chi connectivity index (χ0v) is 20.4. The molecule has 2 rings (SSSR count). The maximum Gasteiger partial charge on any atom is 0.410 e. The molecule has 1 N–H and O–H groups in total. The molecule has 1 heterocycles. The molecule has 1 aromatic carbocycles. The lowest BCUT2D eigenvalue weighted by Gasteiger charge is -2.34. The molecule has 1 aliphatic heterocycles. The summed E-state index contributed by atoms with van der Waals surface area (Å²) in [5.74, 6) is 0.556. The first-order valence-electron chi connectivity index (χ1n) is 11.2. The molecule has 0 radical (unpaired) electrons. The molecule has 0 bridgehead atoms. The quantitative estimate of drug-likeness (QED) is 0.660. The van der Waals surface area contributed by atoms with E-state index in [0.29, 0.717) is 24.9 Å². The summed E-state index contributed by atoms with van der Waals surface area (Å²) in [7, 11) is 3.00. The largest absolute Gasteiger partial charge is 0.496 e. The monoisotopic (exact) mass is 450 g/mol. The summed E-state index contributed by atoms with van der Waals surface area (Å²) in [6.45, 7) is 10.1. The number of hydroxylamine groups is 2. The van der Waals surface area contributed by atoms with Gasteiger partial charge in [-0.05, 0) is 69.7 Å². The Balaban J connectivity index is 2.32. The molecule has 0 aromatic heterocycles. The number of aliphatic hydroxyl groups excluding tert-OH is 1. The van der Waals surface area contributed by atoms with E-state index in [-0.39, 0.29) is 18.4 Å². The number of methoxy groups -OCH3 is 1. The van der Waals surface area contributed by atoms with Gasteiger partial charge in [-0.25, -0.2) is 9.86 Å². The predicted molar refractivity (Wildman–Crippen MR) is 122 cm³/mol. The predicted octanol–water partition coefficient (Wildman–Crippen LogP) is 3.97. The number of carbonyl (C=O) groups is 2. The molecule has 2 amide bonds. The molecule has 8 nitrogen and oxygen atoms in total. The fraction of sp³-hybridized carbons (Fsp3) is 0.667. The number of amides is 2. The number of ether oxygens (including phenoxy) is 2. The van der Waals surface area contributed by atoms with Crippen LogP contribution in [0.25, 0.3) is 0 Å². The van der Waals surface area contributed by atoms with E-state index < -0.39 is 23.8 Å². The lowest BCUT2D eigenvalue weighted by Crippen LogP contribution is -2.52. The number of benzene rings is 1. The summed E-state index contributed by atoms with van der Waals surface area (Å²) in [6, 6.07) is 4.56. The van der Waals surface area contributed by atoms with Crippen LogP contribution in [0.2, 0.25) is 0 Å². The average Bonchev–Trinajstić information content (AvgIpc) is 2.94. The highest BCUT2D eigenvalue weighted by Gasteiger charge is 2.37. The van der Waals surface area contributed by atoms with E-state index in [4.69, 9.17) is 14.3 Å². The molecule has 1 fully saturated rings. The Morgan fingerprint density at radius 3 is 2.53 bits per heavy atom. The van der Waals surface area contributed by atoms with Crippen LogP contribution in [0.5, 0.6) is 5.75 Å². The van der Waals surface area contributed by atoms with Gasteiger partial charge in [-0.15, -0.1) is 0 Å². The van der Waals surface area contributed by atoms with E-state index in [1.807, 2.05) is 6.07 Å². The summed E-state index contributed by atoms with van der Waals surface area (Å²) in [5.41, 5.74) is 0.737. The molecule has 180 valence electrons. The third-order valence-electron chi connectivity index (χ3n) is 5.75. The molecule has 0 spiro atoms. The molecular weight excluding hydrogens is 412 g/mol. The van der Waals surface area contributed by atoms with E-state index in [2.05, 4.69) is 13.8 Å². The first-order valence-corrected chi connectivity index (χ1v) is 11.2. The molecule has 1 unspecified atom stereocenters. The van der Waals surface area contributed by atoms with Crippen molar-refractivity contribution in [3.63, 3.8) is 0 Å². The molecule has 1 saturated heterocycles. The normalized spacial score (nSPS) is 20.3. The molecule has 1 aliphatic rings. The van der Waals surface area contributed by atoms with Crippen LogP contribution in [-0.2, 0) is 9.57 Å². The highest BCUT2D eigenvalue weighted by molar-refractivity contribution is 5.94. The molecular formula is C24H38N2O6. The Bertz CT molecular complexity index is 791. The smallest absolute Gasteiger partial charge is 0.410 e. The zero-order chi connectivity index (χ0) is 24.1. The van der Waals surface area contributed by atoms with Crippen LogP contribution in [0.4, 0.5) is 4.79 Å². The van der Waals surface area contributed by atoms with Crippen molar-refractivity contribution in [3.8, 4) is 5.75 Å². The fourth-order valence-corrected chi connectivity index (χ4v) is 3.81. The fourth-order valence-electron chi connectivity index (χ4n) is 3.81. The van der Waals surface area contributed by atoms with E-state index in [1.54, 1.807) is 40.0 Å². The molecule has 0 saturated carbocycles. The van der Waals surface area contributed by atoms with Crippen LogP contribution >= 0.6 is 0 Å². The second-order valence-corrected chi connectivity index (χ2v) is 9.28. The second-order valence-electron chi connectivity index (χ2n) is 9.28. The standard InChI is InChI=1S/C24H38N2O6/c1-8-16(2)18-14-17(11-12-21(18)30-6)22(28)26(31-7)19-15-25(13-9-10-20(19)27)23(29)32-24(3,4)5/h11-12,14,16,19-20,27H,8-10,13,15H2,1-7H3/t16?,19-,20-/m1/s1. The summed E-state index contributed by atoms with van der Waals surface area (Å²) < 4.78 is 11.0. The summed E-state index contributed by atoms with van der Waals surface area (Å²) in [6.07, 6.45) is 0.636. The number of carbonyl (C=O) groups excluding carboxylic acids is 2. The number of hydrogen-bond donors (Lipinski definition) is 1. The van der Waals surface area contributed by atoms with Crippen LogP contribution < -0.4 is 4.74 Å². The van der Waals surface area contributed by atoms with Gasteiger partial charge in [-0.3, -0.25) is 9.63 Å². The van der Waals surface area contributed by atoms with Crippen molar-refractivity contribution in [1.82, 2.24) is 9.96 Å². The van der Waals surface area contributed by atoms with E-state index in [1.165, 1.54) is 17.1 Å². The van der Waals surface area contributed by atoms with Crippen LogP contribution in [0, 0.1) is 0 Å². The number of aliphatic hydroxyl groups is 1. The first kappa shape index (κ1) is 25.9. The van der Waals surface area contributed by atoms with Gasteiger partial charge in [-0.1, -0.05) is 13.8 Å². The lowest BCUT2D eigenvalue weighted by molar-refractivity contribution is -0.149. The third-order valence-corrected chi connectivity index (χ3v) is 5.75. The van der Waals surface area contributed by atoms with Gasteiger partial charge in [0, 0.05) is 18.7 Å². The van der Waals surface area contributed by atoms with Crippen LogP contribution in [0.15, 0.2) is 18.2 Å². The van der Waals surface area contributed by atoms with Crippen molar-refractivity contribution < 1.29 is 29.0 Å². The van der Waals surface area contributed by atoms with Gasteiger partial charge in [0.2, 0.25) is 0 Å². The summed E-state index contributed by atoms with van der Waals surface area (Å²) in [4.78, 5) is 33.1. The SMILES string of the molecule is CCC(C)c1cc(C(=O)N(OC)[C@@H]2CN(C(=O)OC(C)(C)C)CCC[C@H]2O)ccc1OC. The van der Waals surface area contributed by atoms with E-state index >= 15 is 0 Å². The Morgan fingerprint density at radius 1 is 1.28 bits per heavy atom. The minimum atomic E-state index is -0.835. The van der Waals surface area contributed by atoms with Crippen molar-refractivity contribution >= 4 is 12.0 Å². The number of nitrogens with zero attached hydrogens (tertiary/aromatic N) is 2. The Hall–Kier alpha value is -2.32. The highest BCUT2D eigenvalue weighted by Crippen LogP contribution is 2.30. The van der Waals surface area contributed by atoms with E-state index in [0.717, 1.165) is 17.7 Å². The Morgan fingerprint density at radius 2 is 1.97 bits per heavy atom. The topological polar surface area (TPSA) is 88.5 Å². The van der Waals surface area contributed by atoms with Crippen molar-refractivity contribution in [1.29, 1.82) is 0 Å². The van der Waals surface area contributed by atoms with Crippen molar-refractivity contribution in [3.05, 3.63) is 29.3 Å². The molecule has 3 atom stereocenters. The first-order chi connectivity index (χ1) is 15.0. The number of likely N-dealkylation sites (tertiary alicyclic amines) is 1. The number of rotatable bonds is 6. The van der Waals surface area contributed by atoms with Gasteiger partial charge in [-0.2, -0.15) is 0 Å². The minimum absolute atomic E-state index is 0.115. The van der Waals surface area contributed by atoms with Gasteiger partial charge in [0.15, 0.2) is 0 Å². The Labute approximate surface area is 191 Å². The zero-order valence-electron chi connectivity index (χ0n) is 20.4. The van der Waals surface area contributed by atoms with Crippen molar-refractivity contribution in [2.24, 2.45) is 0 Å². The molecule has 0 aliphatic carbocycles. The second kappa shape index (κ2) is 11.0. The van der Waals surface area contributed by atoms with Crippen LogP contribution in [-0.4, -0.2) is 72.1 Å².